The normalized spacial score (nSPS) is 26.1. The number of H-pyrrole nitrogens is 1. The van der Waals surface area contributed by atoms with E-state index >= 15 is 0 Å². The lowest BCUT2D eigenvalue weighted by atomic mass is 9.69. The van der Waals surface area contributed by atoms with Crippen molar-refractivity contribution < 1.29 is 14.3 Å². The smallest absolute Gasteiger partial charge is 0.222 e. The van der Waals surface area contributed by atoms with E-state index in [0.717, 1.165) is 56.1 Å². The summed E-state index contributed by atoms with van der Waals surface area (Å²) in [6, 6.07) is 5.92. The predicted molar refractivity (Wildman–Crippen MR) is 101 cm³/mol. The van der Waals surface area contributed by atoms with Crippen molar-refractivity contribution in [1.29, 1.82) is 0 Å². The number of hydrogen-bond donors (Lipinski definition) is 2. The van der Waals surface area contributed by atoms with Crippen LogP contribution in [0, 0.1) is 5.41 Å². The number of piperidine rings is 2. The zero-order valence-corrected chi connectivity index (χ0v) is 15.9. The van der Waals surface area contributed by atoms with Gasteiger partial charge >= 0.3 is 0 Å². The van der Waals surface area contributed by atoms with Crippen LogP contribution in [-0.2, 0) is 11.3 Å². The summed E-state index contributed by atoms with van der Waals surface area (Å²) < 4.78 is 5.97. The molecule has 2 atom stereocenters. The molecule has 2 N–H and O–H groups in total. The molecule has 0 bridgehead atoms. The lowest BCUT2D eigenvalue weighted by molar-refractivity contribution is -0.146. The lowest BCUT2D eigenvalue weighted by Gasteiger charge is -2.54. The Bertz CT molecular complexity index is 772. The molecule has 2 aliphatic rings. The van der Waals surface area contributed by atoms with Crippen molar-refractivity contribution in [2.75, 3.05) is 26.2 Å². The highest BCUT2D eigenvalue weighted by Crippen LogP contribution is 2.42. The highest BCUT2D eigenvalue weighted by Gasteiger charge is 2.48. The number of furan rings is 1. The molecule has 4 heterocycles. The standard InChI is InChI=1S/C20H28N4O3/c1-2-19(26)24-10-3-7-20(14-25)8-11-23(13-18(20)24)12-15-4-5-17(27-15)16-6-9-21-22-16/h4-6,9,18,25H,2-3,7-8,10-14H2,1H3,(H,21,22)/t18-,20-/m1/s1. The number of rotatable bonds is 5. The van der Waals surface area contributed by atoms with Crippen molar-refractivity contribution in [2.24, 2.45) is 5.41 Å². The van der Waals surface area contributed by atoms with Crippen molar-refractivity contribution in [3.05, 3.63) is 30.2 Å². The van der Waals surface area contributed by atoms with Gasteiger partial charge in [-0.15, -0.1) is 0 Å². The molecule has 2 aromatic heterocycles. The topological polar surface area (TPSA) is 85.6 Å². The molecule has 0 saturated carbocycles. The van der Waals surface area contributed by atoms with E-state index in [1.54, 1.807) is 6.20 Å². The van der Waals surface area contributed by atoms with Crippen LogP contribution in [0.4, 0.5) is 0 Å². The van der Waals surface area contributed by atoms with Crippen LogP contribution in [0.2, 0.25) is 0 Å². The van der Waals surface area contributed by atoms with Gasteiger partial charge in [-0.1, -0.05) is 6.92 Å². The summed E-state index contributed by atoms with van der Waals surface area (Å²) in [6.45, 7) is 5.28. The van der Waals surface area contributed by atoms with Crippen molar-refractivity contribution in [2.45, 2.75) is 45.2 Å². The fourth-order valence-electron chi connectivity index (χ4n) is 4.68. The third kappa shape index (κ3) is 3.41. The number of likely N-dealkylation sites (tertiary alicyclic amines) is 2. The van der Waals surface area contributed by atoms with E-state index < -0.39 is 0 Å². The number of aromatic nitrogens is 2. The number of hydrogen-bond acceptors (Lipinski definition) is 5. The van der Waals surface area contributed by atoms with E-state index in [-0.39, 0.29) is 24.0 Å². The molecule has 2 aliphatic heterocycles. The molecular weight excluding hydrogens is 344 g/mol. The lowest BCUT2D eigenvalue weighted by Crippen LogP contribution is -2.63. The Balaban J connectivity index is 1.48. The Kier molecular flexibility index (Phi) is 5.06. The second-order valence-electron chi connectivity index (χ2n) is 7.80. The molecule has 4 rings (SSSR count). The molecule has 1 amide bonds. The maximum atomic E-state index is 12.5. The van der Waals surface area contributed by atoms with E-state index in [1.165, 1.54) is 0 Å². The number of aliphatic hydroxyl groups excluding tert-OH is 1. The molecule has 0 aliphatic carbocycles. The van der Waals surface area contributed by atoms with E-state index in [4.69, 9.17) is 4.42 Å². The second kappa shape index (κ2) is 7.48. The number of nitrogens with zero attached hydrogens (tertiary/aromatic N) is 3. The largest absolute Gasteiger partial charge is 0.458 e. The van der Waals surface area contributed by atoms with Crippen LogP contribution in [0.15, 0.2) is 28.8 Å². The third-order valence-electron chi connectivity index (χ3n) is 6.26. The van der Waals surface area contributed by atoms with Crippen LogP contribution >= 0.6 is 0 Å². The van der Waals surface area contributed by atoms with Gasteiger partial charge in [0.2, 0.25) is 5.91 Å². The molecule has 7 nitrogen and oxygen atoms in total. The molecule has 0 unspecified atom stereocenters. The fraction of sp³-hybridized carbons (Fsp3) is 0.600. The highest BCUT2D eigenvalue weighted by atomic mass is 16.3. The van der Waals surface area contributed by atoms with Gasteiger partial charge in [0.25, 0.3) is 0 Å². The number of amides is 1. The van der Waals surface area contributed by atoms with Gasteiger partial charge in [-0.25, -0.2) is 0 Å². The predicted octanol–water partition coefficient (Wildman–Crippen LogP) is 2.26. The molecule has 146 valence electrons. The van der Waals surface area contributed by atoms with Crippen LogP contribution in [0.3, 0.4) is 0 Å². The van der Waals surface area contributed by atoms with Crippen LogP contribution in [0.5, 0.6) is 0 Å². The quantitative estimate of drug-likeness (QED) is 0.841. The van der Waals surface area contributed by atoms with Gasteiger partial charge in [0.05, 0.1) is 19.2 Å². The highest BCUT2D eigenvalue weighted by molar-refractivity contribution is 5.76. The molecule has 0 aromatic carbocycles. The number of carbonyl (C=O) groups is 1. The first-order chi connectivity index (χ1) is 13.1. The Labute approximate surface area is 159 Å². The SMILES string of the molecule is CCC(=O)N1CCC[C@]2(CO)CCN(Cc3ccc(-c4ccn[nH]4)o3)C[C@@H]12. The number of nitrogens with one attached hydrogen (secondary N) is 1. The van der Waals surface area contributed by atoms with E-state index in [0.29, 0.717) is 13.0 Å². The second-order valence-corrected chi connectivity index (χ2v) is 7.80. The summed E-state index contributed by atoms with van der Waals surface area (Å²) in [5.41, 5.74) is 0.718. The molecule has 7 heteroatoms. The zero-order chi connectivity index (χ0) is 18.9. The van der Waals surface area contributed by atoms with E-state index in [9.17, 15) is 9.90 Å². The summed E-state index contributed by atoms with van der Waals surface area (Å²) in [5, 5.41) is 17.0. The van der Waals surface area contributed by atoms with Gasteiger partial charge in [-0.05, 0) is 44.0 Å². The average molecular weight is 372 g/mol. The Morgan fingerprint density at radius 2 is 2.26 bits per heavy atom. The van der Waals surface area contributed by atoms with Gasteiger partial charge in [0.1, 0.15) is 11.5 Å². The molecule has 2 aromatic rings. The minimum Gasteiger partial charge on any atom is -0.458 e. The average Bonchev–Trinajstić information content (AvgIpc) is 3.38. The summed E-state index contributed by atoms with van der Waals surface area (Å²) in [5.74, 6) is 1.88. The van der Waals surface area contributed by atoms with E-state index in [1.807, 2.05) is 30.0 Å². The monoisotopic (exact) mass is 372 g/mol. The minimum absolute atomic E-state index is 0.0829. The Morgan fingerprint density at radius 3 is 3.00 bits per heavy atom. The molecule has 27 heavy (non-hydrogen) atoms. The Morgan fingerprint density at radius 1 is 1.37 bits per heavy atom. The van der Waals surface area contributed by atoms with E-state index in [2.05, 4.69) is 15.1 Å². The maximum absolute atomic E-state index is 12.5. The Hall–Kier alpha value is -2.12. The first-order valence-corrected chi connectivity index (χ1v) is 9.86. The summed E-state index contributed by atoms with van der Waals surface area (Å²) in [6.07, 6.45) is 5.12. The minimum atomic E-state index is -0.149. The summed E-state index contributed by atoms with van der Waals surface area (Å²) in [7, 11) is 0. The summed E-state index contributed by atoms with van der Waals surface area (Å²) >= 11 is 0. The number of carbonyl (C=O) groups excluding carboxylic acids is 1. The third-order valence-corrected chi connectivity index (χ3v) is 6.26. The molecule has 0 radical (unpaired) electrons. The molecule has 0 spiro atoms. The first kappa shape index (κ1) is 18.3. The van der Waals surface area contributed by atoms with Crippen molar-refractivity contribution in [1.82, 2.24) is 20.0 Å². The summed E-state index contributed by atoms with van der Waals surface area (Å²) in [4.78, 5) is 16.8. The van der Waals surface area contributed by atoms with Gasteiger partial charge in [0, 0.05) is 31.1 Å². The van der Waals surface area contributed by atoms with Gasteiger partial charge in [-0.2, -0.15) is 5.10 Å². The maximum Gasteiger partial charge on any atom is 0.222 e. The molecular formula is C20H28N4O3. The van der Waals surface area contributed by atoms with Gasteiger partial charge < -0.3 is 14.4 Å². The fourth-order valence-corrected chi connectivity index (χ4v) is 4.68. The first-order valence-electron chi connectivity index (χ1n) is 9.86. The van der Waals surface area contributed by atoms with Crippen LogP contribution in [0.25, 0.3) is 11.5 Å². The van der Waals surface area contributed by atoms with Crippen molar-refractivity contribution in [3.63, 3.8) is 0 Å². The van der Waals surface area contributed by atoms with Crippen molar-refractivity contribution in [3.8, 4) is 11.5 Å². The van der Waals surface area contributed by atoms with Crippen LogP contribution in [0.1, 0.15) is 38.4 Å². The van der Waals surface area contributed by atoms with Crippen LogP contribution < -0.4 is 0 Å². The van der Waals surface area contributed by atoms with Gasteiger partial charge in [-0.3, -0.25) is 14.8 Å². The van der Waals surface area contributed by atoms with Crippen molar-refractivity contribution >= 4 is 5.91 Å². The number of aliphatic hydroxyl groups is 1. The molecule has 2 saturated heterocycles. The van der Waals surface area contributed by atoms with Gasteiger partial charge in [0.15, 0.2) is 5.76 Å². The number of aromatic amines is 1. The zero-order valence-electron chi connectivity index (χ0n) is 15.9. The molecule has 2 fully saturated rings. The van der Waals surface area contributed by atoms with Crippen LogP contribution in [-0.4, -0.2) is 63.3 Å². The number of fused-ring (bicyclic) bond motifs is 1.